The molecule has 3 atom stereocenters. The maximum Gasteiger partial charge on any atom is 0.306 e. The van der Waals surface area contributed by atoms with Crippen molar-refractivity contribution in [2.75, 3.05) is 40.9 Å². The first-order chi connectivity index (χ1) is 37.4. The molecule has 0 aliphatic heterocycles. The van der Waals surface area contributed by atoms with Crippen LogP contribution in [0.5, 0.6) is 0 Å². The number of hydrogen-bond acceptors (Lipinski definition) is 7. The van der Waals surface area contributed by atoms with Crippen molar-refractivity contribution in [1.29, 1.82) is 0 Å². The number of phosphoric acid groups is 1. The maximum absolute atomic E-state index is 13.5. The van der Waals surface area contributed by atoms with Crippen LogP contribution < -0.4 is 10.2 Å². The molecule has 0 aromatic rings. The van der Waals surface area contributed by atoms with Gasteiger partial charge in [0.25, 0.3) is 7.82 Å². The van der Waals surface area contributed by atoms with Gasteiger partial charge in [0.15, 0.2) is 0 Å². The van der Waals surface area contributed by atoms with Gasteiger partial charge in [-0.15, -0.1) is 0 Å². The fourth-order valence-corrected chi connectivity index (χ4v) is 8.60. The van der Waals surface area contributed by atoms with Crippen molar-refractivity contribution in [1.82, 2.24) is 5.32 Å². The van der Waals surface area contributed by atoms with E-state index < -0.39 is 32.5 Å². The molecule has 0 spiro atoms. The fourth-order valence-electron chi connectivity index (χ4n) is 7.88. The molecule has 9 nitrogen and oxygen atoms in total. The zero-order chi connectivity index (χ0) is 56.4. The number of quaternary nitrogens is 1. The molecule has 0 aromatic heterocycles. The summed E-state index contributed by atoms with van der Waals surface area (Å²) in [6.07, 6.45) is 78.6. The first-order valence-electron chi connectivity index (χ1n) is 30.5. The zero-order valence-corrected chi connectivity index (χ0v) is 50.8. The van der Waals surface area contributed by atoms with Crippen LogP contribution in [0.3, 0.4) is 0 Å². The van der Waals surface area contributed by atoms with Crippen LogP contribution in [0.1, 0.15) is 226 Å². The Labute approximate surface area is 473 Å². The maximum atomic E-state index is 13.5. The number of allylic oxidation sites excluding steroid dienone is 21. The number of esters is 1. The second-order valence-corrected chi connectivity index (χ2v) is 22.5. The monoisotopic (exact) mass is 1090 g/mol. The highest BCUT2D eigenvalue weighted by molar-refractivity contribution is 7.45. The normalized spacial score (nSPS) is 14.6. The van der Waals surface area contributed by atoms with E-state index in [1.54, 1.807) is 6.08 Å². The molecule has 77 heavy (non-hydrogen) atoms. The second kappa shape index (κ2) is 55.5. The number of unbranched alkanes of at least 4 members (excludes halogenated alkanes) is 17. The predicted octanol–water partition coefficient (Wildman–Crippen LogP) is 18.3. The van der Waals surface area contributed by atoms with Crippen molar-refractivity contribution in [3.63, 3.8) is 0 Å². The summed E-state index contributed by atoms with van der Waals surface area (Å²) >= 11 is 0. The van der Waals surface area contributed by atoms with E-state index in [0.717, 1.165) is 96.3 Å². The Morgan fingerprint density at radius 2 is 0.844 bits per heavy atom. The van der Waals surface area contributed by atoms with Crippen molar-refractivity contribution in [2.45, 2.75) is 238 Å². The highest BCUT2D eigenvalue weighted by atomic mass is 31.2. The van der Waals surface area contributed by atoms with Gasteiger partial charge in [-0.25, -0.2) is 0 Å². The number of amides is 1. The molecule has 0 aromatic carbocycles. The van der Waals surface area contributed by atoms with E-state index >= 15 is 0 Å². The van der Waals surface area contributed by atoms with Gasteiger partial charge in [-0.05, 0) is 115 Å². The third-order valence-electron chi connectivity index (χ3n) is 12.6. The van der Waals surface area contributed by atoms with E-state index in [-0.39, 0.29) is 25.4 Å². The number of hydrogen-bond donors (Lipinski definition) is 1. The summed E-state index contributed by atoms with van der Waals surface area (Å²) in [5.74, 6) is -0.685. The number of ether oxygens (including phenoxy) is 1. The lowest BCUT2D eigenvalue weighted by Gasteiger charge is -2.30. The van der Waals surface area contributed by atoms with Crippen LogP contribution in [-0.2, 0) is 27.9 Å². The summed E-state index contributed by atoms with van der Waals surface area (Å²) in [5, 5.41) is 2.96. The molecule has 0 fully saturated rings. The third-order valence-corrected chi connectivity index (χ3v) is 13.5. The summed E-state index contributed by atoms with van der Waals surface area (Å²) in [6, 6.07) is -0.952. The van der Waals surface area contributed by atoms with Gasteiger partial charge in [-0.1, -0.05) is 232 Å². The fraction of sp³-hybridized carbons (Fsp3) is 0.642. The summed E-state index contributed by atoms with van der Waals surface area (Å²) in [4.78, 5) is 39.9. The number of likely N-dealkylation sites (N-methyl/N-ethyl adjacent to an activating group) is 1. The lowest BCUT2D eigenvalue weighted by molar-refractivity contribution is -0.870. The molecule has 0 radical (unpaired) electrons. The van der Waals surface area contributed by atoms with Gasteiger partial charge in [0.1, 0.15) is 19.3 Å². The SMILES string of the molecule is CC/C=C\C/C=C\C/C=C\C/C=C\C/C=C\C/C=C\CCC(=O)NC(COP(=O)([O-])OCC[N+](C)(C)C)C(/C=C/CCCCCCCCCCCCC)OC(=O)CCCCC/C=C\C/C=C\C/C=C\C/C=C\CCCCC. The van der Waals surface area contributed by atoms with Crippen molar-refractivity contribution < 1.29 is 37.3 Å². The standard InChI is InChI=1S/C67H113N2O7P/c1-7-10-13-16-19-22-25-28-30-32-34-36-38-41-44-47-50-53-56-59-66(70)68-64(63-75-77(72,73)74-62-61-69(4,5)6)65(58-55-52-49-46-43-40-27-24-21-18-15-12-9-3)76-67(71)60-57-54-51-48-45-42-39-37-35-33-31-29-26-23-20-17-14-11-8-2/h10,13,19-20,22-23,28-31,34-37,41-42,44-45,50,53,55,58,64-65H,7-9,11-12,14-18,21,24-27,32-33,38-40,43,46-49,51-52,54,56-57,59-63H2,1-6H3,(H-,68,70,72,73)/b13-10-,22-19-,23-20-,30-28-,31-29-,36-34-,37-35-,44-41-,45-42-,53-50-,58-55+. The van der Waals surface area contributed by atoms with Crippen LogP contribution in [0, 0.1) is 0 Å². The van der Waals surface area contributed by atoms with Gasteiger partial charge in [0.05, 0.1) is 33.8 Å². The van der Waals surface area contributed by atoms with E-state index in [9.17, 15) is 19.0 Å². The molecule has 3 unspecified atom stereocenters. The van der Waals surface area contributed by atoms with Gasteiger partial charge in [0, 0.05) is 12.8 Å². The van der Waals surface area contributed by atoms with E-state index in [4.69, 9.17) is 13.8 Å². The lowest BCUT2D eigenvalue weighted by Crippen LogP contribution is -2.47. The average Bonchev–Trinajstić information content (AvgIpc) is 3.39. The second-order valence-electron chi connectivity index (χ2n) is 21.1. The van der Waals surface area contributed by atoms with E-state index in [2.05, 4.69) is 135 Å². The number of carbonyl (C=O) groups is 2. The summed E-state index contributed by atoms with van der Waals surface area (Å²) in [7, 11) is 1.10. The van der Waals surface area contributed by atoms with E-state index in [0.29, 0.717) is 23.9 Å². The summed E-state index contributed by atoms with van der Waals surface area (Å²) < 4.78 is 30.2. The van der Waals surface area contributed by atoms with Crippen LogP contribution in [-0.4, -0.2) is 69.4 Å². The Bertz CT molecular complexity index is 1780. The summed E-state index contributed by atoms with van der Waals surface area (Å²) in [6.45, 7) is 6.60. The van der Waals surface area contributed by atoms with Crippen molar-refractivity contribution in [3.05, 3.63) is 134 Å². The van der Waals surface area contributed by atoms with Crippen LogP contribution in [0.25, 0.3) is 0 Å². The van der Waals surface area contributed by atoms with Crippen LogP contribution in [0.15, 0.2) is 134 Å². The van der Waals surface area contributed by atoms with Crippen LogP contribution in [0.2, 0.25) is 0 Å². The quantitative estimate of drug-likeness (QED) is 0.0212. The number of nitrogens with zero attached hydrogens (tertiary/aromatic N) is 1. The first-order valence-corrected chi connectivity index (χ1v) is 32.0. The molecule has 0 aliphatic carbocycles. The molecule has 0 rings (SSSR count). The molecule has 438 valence electrons. The molecule has 0 saturated carbocycles. The van der Waals surface area contributed by atoms with Crippen molar-refractivity contribution in [3.8, 4) is 0 Å². The number of nitrogens with one attached hydrogen (secondary N) is 1. The highest BCUT2D eigenvalue weighted by Crippen LogP contribution is 2.38. The van der Waals surface area contributed by atoms with Crippen molar-refractivity contribution >= 4 is 19.7 Å². The zero-order valence-electron chi connectivity index (χ0n) is 49.9. The van der Waals surface area contributed by atoms with Crippen LogP contribution in [0.4, 0.5) is 0 Å². The van der Waals surface area contributed by atoms with Gasteiger partial charge in [-0.2, -0.15) is 0 Å². The Morgan fingerprint density at radius 1 is 0.468 bits per heavy atom. The Morgan fingerprint density at radius 3 is 1.30 bits per heavy atom. The Balaban J connectivity index is 5.51. The smallest absolute Gasteiger partial charge is 0.306 e. The molecule has 0 saturated heterocycles. The number of phosphoric ester groups is 1. The number of rotatable bonds is 53. The minimum Gasteiger partial charge on any atom is -0.756 e. The third kappa shape index (κ3) is 56.7. The molecule has 0 aliphatic rings. The van der Waals surface area contributed by atoms with Crippen LogP contribution >= 0.6 is 7.82 Å². The molecule has 1 amide bonds. The van der Waals surface area contributed by atoms with E-state index in [1.165, 1.54) is 83.5 Å². The first kappa shape index (κ1) is 73.2. The van der Waals surface area contributed by atoms with Gasteiger partial charge >= 0.3 is 5.97 Å². The van der Waals surface area contributed by atoms with Gasteiger partial charge < -0.3 is 28.5 Å². The molecule has 0 heterocycles. The molecular formula is C67H113N2O7P. The minimum atomic E-state index is -4.74. The summed E-state index contributed by atoms with van der Waals surface area (Å²) in [5.41, 5.74) is 0. The molecule has 1 N–H and O–H groups in total. The average molecular weight is 1090 g/mol. The lowest BCUT2D eigenvalue weighted by atomic mass is 10.0. The Hall–Kier alpha value is -3.85. The van der Waals surface area contributed by atoms with Gasteiger partial charge in [0.2, 0.25) is 5.91 Å². The predicted molar refractivity (Wildman–Crippen MR) is 330 cm³/mol. The minimum absolute atomic E-state index is 0.0487. The molecule has 0 bridgehead atoms. The van der Waals surface area contributed by atoms with E-state index in [1.807, 2.05) is 39.4 Å². The topological polar surface area (TPSA) is 114 Å². The number of carbonyl (C=O) groups excluding carboxylic acids is 2. The van der Waals surface area contributed by atoms with Gasteiger partial charge in [-0.3, -0.25) is 14.2 Å². The largest absolute Gasteiger partial charge is 0.756 e. The van der Waals surface area contributed by atoms with Crippen molar-refractivity contribution in [2.24, 2.45) is 0 Å². The highest BCUT2D eigenvalue weighted by Gasteiger charge is 2.27. The molecular weight excluding hydrogens is 976 g/mol. The molecule has 10 heteroatoms. The Kier molecular flexibility index (Phi) is 52.7.